The van der Waals surface area contributed by atoms with E-state index in [9.17, 15) is 9.36 Å². The summed E-state index contributed by atoms with van der Waals surface area (Å²) in [7, 11) is -3.66. The maximum Gasteiger partial charge on any atom is 0.401 e. The summed E-state index contributed by atoms with van der Waals surface area (Å²) in [4.78, 5) is 11.5. The van der Waals surface area contributed by atoms with E-state index in [0.717, 1.165) is 0 Å². The zero-order chi connectivity index (χ0) is 12.1. The van der Waals surface area contributed by atoms with Crippen LogP contribution in [0.5, 0.6) is 0 Å². The topological polar surface area (TPSA) is 52.6 Å². The van der Waals surface area contributed by atoms with Crippen molar-refractivity contribution in [2.75, 3.05) is 0 Å². The summed E-state index contributed by atoms with van der Waals surface area (Å²) in [5, 5.41) is 0. The molecule has 0 rings (SSSR count). The summed E-state index contributed by atoms with van der Waals surface area (Å²) in [6.07, 6.45) is 2.10. The van der Waals surface area contributed by atoms with Crippen molar-refractivity contribution < 1.29 is 18.4 Å². The summed E-state index contributed by atoms with van der Waals surface area (Å²) >= 11 is 0. The number of hydrogen-bond acceptors (Lipinski definition) is 4. The molecule has 0 spiro atoms. The van der Waals surface area contributed by atoms with E-state index in [-0.39, 0.29) is 12.2 Å². The van der Waals surface area contributed by atoms with E-state index in [2.05, 4.69) is 0 Å². The third-order valence-electron chi connectivity index (χ3n) is 1.28. The van der Waals surface area contributed by atoms with Gasteiger partial charge in [0, 0.05) is 0 Å². The van der Waals surface area contributed by atoms with Gasteiger partial charge in [-0.05, 0) is 40.7 Å². The van der Waals surface area contributed by atoms with Gasteiger partial charge in [-0.3, -0.25) is 9.36 Å². The molecule has 0 heterocycles. The number of rotatable bonds is 6. The first-order valence-electron chi connectivity index (χ1n) is 4.96. The van der Waals surface area contributed by atoms with Crippen LogP contribution in [0.1, 0.15) is 34.6 Å². The van der Waals surface area contributed by atoms with Crippen LogP contribution in [0.4, 0.5) is 0 Å². The lowest BCUT2D eigenvalue weighted by atomic mass is 10.5. The molecule has 0 N–H and O–H groups in total. The molecule has 0 unspecified atom stereocenters. The fraction of sp³-hybridized carbons (Fsp3) is 0.700. The number of carbonyl (C=O) groups excluding carboxylic acids is 1. The average molecular weight is 234 g/mol. The zero-order valence-corrected chi connectivity index (χ0v) is 10.8. The van der Waals surface area contributed by atoms with Crippen molar-refractivity contribution in [1.82, 2.24) is 0 Å². The Morgan fingerprint density at radius 1 is 1.13 bits per heavy atom. The molecule has 0 fully saturated rings. The van der Waals surface area contributed by atoms with Gasteiger partial charge in [0.25, 0.3) is 5.52 Å². The Kier molecular flexibility index (Phi) is 6.03. The molecular weight excluding hydrogens is 215 g/mol. The first-order valence-corrected chi connectivity index (χ1v) is 6.50. The van der Waals surface area contributed by atoms with Crippen molar-refractivity contribution in [3.8, 4) is 0 Å². The maximum absolute atomic E-state index is 12.1. The minimum atomic E-state index is -3.66. The summed E-state index contributed by atoms with van der Waals surface area (Å²) in [5.74, 6) is 0. The molecule has 88 valence electrons. The highest BCUT2D eigenvalue weighted by atomic mass is 31.2. The Morgan fingerprint density at radius 3 is 1.80 bits per heavy atom. The molecule has 0 bridgehead atoms. The van der Waals surface area contributed by atoms with Crippen LogP contribution in [0.3, 0.4) is 0 Å². The van der Waals surface area contributed by atoms with Gasteiger partial charge < -0.3 is 9.05 Å². The normalized spacial score (nSPS) is 13.0. The molecule has 5 heteroatoms. The Labute approximate surface area is 91.2 Å². The fourth-order valence-corrected chi connectivity index (χ4v) is 2.62. The van der Waals surface area contributed by atoms with Gasteiger partial charge >= 0.3 is 7.60 Å². The van der Waals surface area contributed by atoms with E-state index in [1.807, 2.05) is 0 Å². The Morgan fingerprint density at radius 2 is 1.53 bits per heavy atom. The smallest absolute Gasteiger partial charge is 0.300 e. The Hall–Kier alpha value is -0.440. The maximum atomic E-state index is 12.1. The van der Waals surface area contributed by atoms with Crippen LogP contribution in [0.2, 0.25) is 0 Å². The van der Waals surface area contributed by atoms with E-state index in [1.165, 1.54) is 12.2 Å². The molecule has 4 nitrogen and oxygen atoms in total. The predicted molar refractivity (Wildman–Crippen MR) is 59.9 cm³/mol. The van der Waals surface area contributed by atoms with Crippen LogP contribution in [0.15, 0.2) is 12.2 Å². The lowest BCUT2D eigenvalue weighted by Crippen LogP contribution is -2.12. The zero-order valence-electron chi connectivity index (χ0n) is 9.89. The van der Waals surface area contributed by atoms with Gasteiger partial charge in [0.1, 0.15) is 0 Å². The molecular formula is C10H19O4P. The molecule has 0 aliphatic heterocycles. The van der Waals surface area contributed by atoms with Crippen molar-refractivity contribution in [1.29, 1.82) is 0 Å². The van der Waals surface area contributed by atoms with Crippen molar-refractivity contribution >= 4 is 13.1 Å². The van der Waals surface area contributed by atoms with Crippen molar-refractivity contribution in [2.45, 2.75) is 46.8 Å². The van der Waals surface area contributed by atoms with Gasteiger partial charge in [0.2, 0.25) is 0 Å². The highest BCUT2D eigenvalue weighted by molar-refractivity contribution is 7.72. The summed E-state index contributed by atoms with van der Waals surface area (Å²) in [5.41, 5.74) is -0.604. The molecule has 0 aromatic carbocycles. The molecule has 0 aromatic rings. The van der Waals surface area contributed by atoms with Gasteiger partial charge in [-0.15, -0.1) is 0 Å². The largest absolute Gasteiger partial charge is 0.401 e. The molecule has 0 aliphatic rings. The van der Waals surface area contributed by atoms with Crippen LogP contribution in [-0.4, -0.2) is 17.7 Å². The Balaban J connectivity index is 4.85. The minimum absolute atomic E-state index is 0.316. The van der Waals surface area contributed by atoms with Gasteiger partial charge in [-0.25, -0.2) is 0 Å². The third kappa shape index (κ3) is 5.26. The van der Waals surface area contributed by atoms with Gasteiger partial charge in [0.15, 0.2) is 0 Å². The summed E-state index contributed by atoms with van der Waals surface area (Å²) < 4.78 is 22.3. The fourth-order valence-electron chi connectivity index (χ4n) is 0.918. The summed E-state index contributed by atoms with van der Waals surface area (Å²) in [6, 6.07) is 0. The SMILES string of the molecule is CC=CC(=O)P(=O)(OC(C)C)OC(C)C. The first-order chi connectivity index (χ1) is 6.81. The van der Waals surface area contributed by atoms with E-state index >= 15 is 0 Å². The molecule has 0 atom stereocenters. The highest BCUT2D eigenvalue weighted by Gasteiger charge is 2.34. The average Bonchev–Trinajstić information content (AvgIpc) is 2.01. The monoisotopic (exact) mass is 234 g/mol. The molecule has 0 aromatic heterocycles. The molecule has 0 aliphatic carbocycles. The molecule has 0 radical (unpaired) electrons. The van der Waals surface area contributed by atoms with Crippen LogP contribution in [0, 0.1) is 0 Å². The van der Waals surface area contributed by atoms with Crippen LogP contribution in [-0.2, 0) is 18.4 Å². The van der Waals surface area contributed by atoms with Crippen molar-refractivity contribution in [2.24, 2.45) is 0 Å². The standard InChI is InChI=1S/C10H19O4P/c1-6-7-10(11)15(12,13-8(2)3)14-9(4)5/h6-9H,1-5H3. The van der Waals surface area contributed by atoms with E-state index in [0.29, 0.717) is 0 Å². The molecule has 15 heavy (non-hydrogen) atoms. The van der Waals surface area contributed by atoms with Crippen LogP contribution < -0.4 is 0 Å². The van der Waals surface area contributed by atoms with E-state index < -0.39 is 13.1 Å². The van der Waals surface area contributed by atoms with Gasteiger partial charge in [-0.2, -0.15) is 0 Å². The van der Waals surface area contributed by atoms with Crippen molar-refractivity contribution in [3.63, 3.8) is 0 Å². The third-order valence-corrected chi connectivity index (χ3v) is 3.37. The molecule has 0 saturated heterocycles. The second-order valence-corrected chi connectivity index (χ2v) is 5.50. The predicted octanol–water partition coefficient (Wildman–Crippen LogP) is 3.13. The highest BCUT2D eigenvalue weighted by Crippen LogP contribution is 2.51. The second-order valence-electron chi connectivity index (χ2n) is 3.64. The minimum Gasteiger partial charge on any atom is -0.300 e. The number of hydrogen-bond donors (Lipinski definition) is 0. The second kappa shape index (κ2) is 6.21. The summed E-state index contributed by atoms with van der Waals surface area (Å²) in [6.45, 7) is 8.50. The number of allylic oxidation sites excluding steroid dienone is 2. The molecule has 0 saturated carbocycles. The van der Waals surface area contributed by atoms with Crippen LogP contribution >= 0.6 is 7.60 Å². The van der Waals surface area contributed by atoms with Gasteiger partial charge in [0.05, 0.1) is 12.2 Å². The lowest BCUT2D eigenvalue weighted by Gasteiger charge is -2.20. The van der Waals surface area contributed by atoms with Gasteiger partial charge in [-0.1, -0.05) is 6.08 Å². The molecule has 0 amide bonds. The first kappa shape index (κ1) is 14.6. The quantitative estimate of drug-likeness (QED) is 0.523. The van der Waals surface area contributed by atoms with E-state index in [1.54, 1.807) is 34.6 Å². The Bertz CT molecular complexity index is 267. The van der Waals surface area contributed by atoms with Crippen molar-refractivity contribution in [3.05, 3.63) is 12.2 Å². The number of carbonyl (C=O) groups is 1. The van der Waals surface area contributed by atoms with Crippen LogP contribution in [0.25, 0.3) is 0 Å². The van der Waals surface area contributed by atoms with E-state index in [4.69, 9.17) is 9.05 Å². The lowest BCUT2D eigenvalue weighted by molar-refractivity contribution is -0.110.